The van der Waals surface area contributed by atoms with Gasteiger partial charge in [-0.3, -0.25) is 4.79 Å². The van der Waals surface area contributed by atoms with Gasteiger partial charge in [-0.2, -0.15) is 0 Å². The van der Waals surface area contributed by atoms with E-state index in [2.05, 4.69) is 10.6 Å². The maximum atomic E-state index is 11.9. The summed E-state index contributed by atoms with van der Waals surface area (Å²) in [6.45, 7) is 6.70. The molecule has 1 atom stereocenters. The minimum Gasteiger partial charge on any atom is -0.493 e. The second kappa shape index (κ2) is 11.7. The zero-order chi connectivity index (χ0) is 20.6. The van der Waals surface area contributed by atoms with Gasteiger partial charge in [0.1, 0.15) is 0 Å². The molecule has 0 radical (unpaired) electrons. The van der Waals surface area contributed by atoms with Crippen molar-refractivity contribution in [1.29, 1.82) is 0 Å². The molecule has 2 aromatic carbocycles. The van der Waals surface area contributed by atoms with Gasteiger partial charge in [-0.15, -0.1) is 12.4 Å². The zero-order valence-electron chi connectivity index (χ0n) is 17.4. The summed E-state index contributed by atoms with van der Waals surface area (Å²) >= 11 is 0. The summed E-state index contributed by atoms with van der Waals surface area (Å²) in [5.41, 5.74) is 1.57. The molecule has 0 aliphatic carbocycles. The van der Waals surface area contributed by atoms with Gasteiger partial charge in [0.15, 0.2) is 18.1 Å². The first kappa shape index (κ1) is 24.8. The first-order valence-corrected chi connectivity index (χ1v) is 9.33. The fourth-order valence-corrected chi connectivity index (χ4v) is 2.69. The van der Waals surface area contributed by atoms with Gasteiger partial charge in [0.25, 0.3) is 5.91 Å². The number of aliphatic hydroxyl groups excluding tert-OH is 1. The second-order valence-corrected chi connectivity index (χ2v) is 7.63. The number of aliphatic hydroxyl groups is 1. The Kier molecular flexibility index (Phi) is 9.95. The van der Waals surface area contributed by atoms with Crippen molar-refractivity contribution in [2.24, 2.45) is 0 Å². The van der Waals surface area contributed by atoms with Crippen molar-refractivity contribution < 1.29 is 19.4 Å². The van der Waals surface area contributed by atoms with Crippen molar-refractivity contribution in [2.75, 3.05) is 20.3 Å². The van der Waals surface area contributed by atoms with Crippen molar-refractivity contribution in [1.82, 2.24) is 10.6 Å². The lowest BCUT2D eigenvalue weighted by atomic mass is 10.1. The third kappa shape index (κ3) is 8.73. The number of amides is 1. The highest BCUT2D eigenvalue weighted by molar-refractivity contribution is 5.85. The van der Waals surface area contributed by atoms with Gasteiger partial charge in [-0.25, -0.2) is 0 Å². The van der Waals surface area contributed by atoms with E-state index in [1.54, 1.807) is 13.2 Å². The number of halogens is 1. The molecule has 1 amide bonds. The predicted molar refractivity (Wildman–Crippen MR) is 117 cm³/mol. The number of carbonyl (C=O) groups excluding carboxylic acids is 1. The summed E-state index contributed by atoms with van der Waals surface area (Å²) < 4.78 is 11.0. The van der Waals surface area contributed by atoms with Crippen LogP contribution in [-0.2, 0) is 11.3 Å². The summed E-state index contributed by atoms with van der Waals surface area (Å²) in [6, 6.07) is 15.1. The van der Waals surface area contributed by atoms with Crippen LogP contribution in [0.25, 0.3) is 0 Å². The number of hydrogen-bond donors (Lipinski definition) is 3. The molecular formula is C22H31ClN2O4. The quantitative estimate of drug-likeness (QED) is 0.578. The molecule has 7 heteroatoms. The number of ether oxygens (including phenoxy) is 2. The molecule has 160 valence electrons. The normalized spacial score (nSPS) is 11.9. The van der Waals surface area contributed by atoms with Crippen molar-refractivity contribution in [2.45, 2.75) is 39.0 Å². The van der Waals surface area contributed by atoms with E-state index in [1.807, 2.05) is 63.2 Å². The Hall–Kier alpha value is -2.28. The maximum Gasteiger partial charge on any atom is 0.258 e. The van der Waals surface area contributed by atoms with Gasteiger partial charge in [0.2, 0.25) is 0 Å². The molecule has 2 rings (SSSR count). The molecule has 0 fully saturated rings. The average molecular weight is 423 g/mol. The van der Waals surface area contributed by atoms with Crippen molar-refractivity contribution in [3.8, 4) is 11.5 Å². The Labute approximate surface area is 179 Å². The van der Waals surface area contributed by atoms with Gasteiger partial charge in [0, 0.05) is 18.6 Å². The Morgan fingerprint density at radius 1 is 1.10 bits per heavy atom. The van der Waals surface area contributed by atoms with Gasteiger partial charge < -0.3 is 25.2 Å². The number of hydrogen-bond acceptors (Lipinski definition) is 5. The van der Waals surface area contributed by atoms with Crippen LogP contribution < -0.4 is 20.1 Å². The van der Waals surface area contributed by atoms with Gasteiger partial charge in [-0.1, -0.05) is 36.4 Å². The molecule has 0 saturated carbocycles. The smallest absolute Gasteiger partial charge is 0.258 e. The largest absolute Gasteiger partial charge is 0.493 e. The number of carbonyl (C=O) groups is 1. The average Bonchev–Trinajstić information content (AvgIpc) is 2.66. The molecule has 0 saturated heterocycles. The van der Waals surface area contributed by atoms with E-state index in [0.29, 0.717) is 24.6 Å². The Balaban J connectivity index is 0.00000420. The number of methoxy groups -OCH3 is 1. The lowest BCUT2D eigenvalue weighted by molar-refractivity contribution is -0.124. The van der Waals surface area contributed by atoms with E-state index < -0.39 is 6.10 Å². The van der Waals surface area contributed by atoms with Crippen LogP contribution in [0.3, 0.4) is 0 Å². The number of rotatable bonds is 9. The minimum absolute atomic E-state index is 0. The summed E-state index contributed by atoms with van der Waals surface area (Å²) in [7, 11) is 1.56. The Morgan fingerprint density at radius 2 is 1.79 bits per heavy atom. The number of nitrogens with one attached hydrogen (secondary N) is 2. The molecular weight excluding hydrogens is 392 g/mol. The first-order valence-electron chi connectivity index (χ1n) is 9.33. The van der Waals surface area contributed by atoms with Crippen LogP contribution in [0.2, 0.25) is 0 Å². The van der Waals surface area contributed by atoms with Gasteiger partial charge in [-0.05, 0) is 44.0 Å². The summed E-state index contributed by atoms with van der Waals surface area (Å²) in [6.07, 6.45) is -0.563. The summed E-state index contributed by atoms with van der Waals surface area (Å²) in [5.74, 6) is 0.890. The summed E-state index contributed by atoms with van der Waals surface area (Å²) in [4.78, 5) is 11.9. The molecule has 6 nitrogen and oxygen atoms in total. The van der Waals surface area contributed by atoms with E-state index in [4.69, 9.17) is 9.47 Å². The van der Waals surface area contributed by atoms with E-state index in [9.17, 15) is 9.90 Å². The van der Waals surface area contributed by atoms with Crippen LogP contribution in [0.1, 0.15) is 38.0 Å². The molecule has 0 aliphatic rings. The van der Waals surface area contributed by atoms with E-state index >= 15 is 0 Å². The number of benzene rings is 2. The highest BCUT2D eigenvalue weighted by Gasteiger charge is 2.15. The van der Waals surface area contributed by atoms with Crippen LogP contribution in [0.15, 0.2) is 48.5 Å². The predicted octanol–water partition coefficient (Wildman–Crippen LogP) is 3.23. The maximum absolute atomic E-state index is 11.9. The van der Waals surface area contributed by atoms with Crippen LogP contribution in [0.5, 0.6) is 11.5 Å². The molecule has 0 aliphatic heterocycles. The highest BCUT2D eigenvalue weighted by atomic mass is 35.5. The summed E-state index contributed by atoms with van der Waals surface area (Å²) in [5, 5.41) is 16.3. The third-order valence-electron chi connectivity index (χ3n) is 3.95. The molecule has 0 spiro atoms. The highest BCUT2D eigenvalue weighted by Crippen LogP contribution is 2.28. The molecule has 0 aromatic heterocycles. The topological polar surface area (TPSA) is 79.8 Å². The molecule has 2 aromatic rings. The monoisotopic (exact) mass is 422 g/mol. The van der Waals surface area contributed by atoms with Gasteiger partial charge >= 0.3 is 0 Å². The lowest BCUT2D eigenvalue weighted by Gasteiger charge is -2.20. The Morgan fingerprint density at radius 3 is 2.41 bits per heavy atom. The van der Waals surface area contributed by atoms with Crippen molar-refractivity contribution in [3.05, 3.63) is 59.7 Å². The third-order valence-corrected chi connectivity index (χ3v) is 3.95. The van der Waals surface area contributed by atoms with E-state index in [-0.39, 0.29) is 30.5 Å². The van der Waals surface area contributed by atoms with Crippen LogP contribution in [0.4, 0.5) is 0 Å². The van der Waals surface area contributed by atoms with Crippen LogP contribution in [-0.4, -0.2) is 36.8 Å². The Bertz CT molecular complexity index is 763. The standard InChI is InChI=1S/C22H30N2O4.ClH/c1-22(2,3)24-21(26)15-28-19-11-10-16(12-20(19)27-4)13-23-14-18(25)17-8-6-5-7-9-17;/h5-12,18,23,25H,13-15H2,1-4H3,(H,24,26);1H. The van der Waals surface area contributed by atoms with Gasteiger partial charge in [0.05, 0.1) is 13.2 Å². The molecule has 3 N–H and O–H groups in total. The lowest BCUT2D eigenvalue weighted by Crippen LogP contribution is -2.43. The van der Waals surface area contributed by atoms with Crippen molar-refractivity contribution in [3.63, 3.8) is 0 Å². The van der Waals surface area contributed by atoms with Crippen LogP contribution >= 0.6 is 12.4 Å². The van der Waals surface area contributed by atoms with Crippen LogP contribution in [0, 0.1) is 0 Å². The fourth-order valence-electron chi connectivity index (χ4n) is 2.69. The SMILES string of the molecule is COc1cc(CNCC(O)c2ccccc2)ccc1OCC(=O)NC(C)(C)C.Cl. The molecule has 0 heterocycles. The van der Waals surface area contributed by atoms with E-state index in [0.717, 1.165) is 11.1 Å². The first-order chi connectivity index (χ1) is 13.3. The molecule has 1 unspecified atom stereocenters. The van der Waals surface area contributed by atoms with Crippen molar-refractivity contribution >= 4 is 18.3 Å². The minimum atomic E-state index is -0.563. The zero-order valence-corrected chi connectivity index (χ0v) is 18.2. The fraction of sp³-hybridized carbons (Fsp3) is 0.409. The van der Waals surface area contributed by atoms with E-state index in [1.165, 1.54) is 0 Å². The molecule has 0 bridgehead atoms. The second-order valence-electron chi connectivity index (χ2n) is 7.63. The molecule has 29 heavy (non-hydrogen) atoms.